The first-order valence-corrected chi connectivity index (χ1v) is 9.66. The Morgan fingerprint density at radius 3 is 2.87 bits per heavy atom. The van der Waals surface area contributed by atoms with Crippen molar-refractivity contribution in [2.75, 3.05) is 6.61 Å². The van der Waals surface area contributed by atoms with Gasteiger partial charge >= 0.3 is 5.97 Å². The number of fused-ring (bicyclic) bond motifs is 1. The van der Waals surface area contributed by atoms with Crippen LogP contribution in [0.25, 0.3) is 0 Å². The molecule has 1 fully saturated rings. The summed E-state index contributed by atoms with van der Waals surface area (Å²) in [4.78, 5) is 12.2. The Morgan fingerprint density at radius 1 is 1.48 bits per heavy atom. The number of hydrogen-bond acceptors (Lipinski definition) is 3. The van der Waals surface area contributed by atoms with Gasteiger partial charge in [-0.2, -0.15) is 0 Å². The first-order chi connectivity index (χ1) is 10.8. The average Bonchev–Trinajstić information content (AvgIpc) is 2.47. The van der Waals surface area contributed by atoms with Gasteiger partial charge in [-0.05, 0) is 58.4 Å². The molecule has 0 amide bonds. The molecule has 0 aromatic rings. The molecule has 0 spiro atoms. The zero-order chi connectivity index (χ0) is 17.1. The van der Waals surface area contributed by atoms with Crippen LogP contribution in [0.15, 0.2) is 23.8 Å². The number of ether oxygens (including phenoxy) is 1. The summed E-state index contributed by atoms with van der Waals surface area (Å²) >= 11 is 0. The molecule has 1 N–H and O–H groups in total. The molecule has 3 atom stereocenters. The van der Waals surface area contributed by atoms with Crippen molar-refractivity contribution < 1.29 is 13.7 Å². The predicted molar refractivity (Wildman–Crippen MR) is 94.2 cm³/mol. The molecule has 2 aliphatic carbocycles. The van der Waals surface area contributed by atoms with Gasteiger partial charge in [0.15, 0.2) is 0 Å². The van der Waals surface area contributed by atoms with E-state index in [1.165, 1.54) is 5.57 Å². The van der Waals surface area contributed by atoms with Crippen LogP contribution >= 0.6 is 0 Å². The van der Waals surface area contributed by atoms with E-state index in [1.807, 2.05) is 27.7 Å². The van der Waals surface area contributed by atoms with Crippen LogP contribution in [0, 0.1) is 5.92 Å². The third kappa shape index (κ3) is 4.32. The maximum Gasteiger partial charge on any atom is 0.308 e. The lowest BCUT2D eigenvalue weighted by atomic mass is 9.68. The van der Waals surface area contributed by atoms with E-state index >= 15 is 0 Å². The van der Waals surface area contributed by atoms with Crippen LogP contribution < -0.4 is 4.72 Å². The first kappa shape index (κ1) is 18.4. The summed E-state index contributed by atoms with van der Waals surface area (Å²) in [5.74, 6) is 0.217. The van der Waals surface area contributed by atoms with Crippen LogP contribution in [0.1, 0.15) is 59.8 Å². The second-order valence-electron chi connectivity index (χ2n) is 7.42. The minimum absolute atomic E-state index is 0.220. The Morgan fingerprint density at radius 2 is 2.22 bits per heavy atom. The molecule has 130 valence electrons. The summed E-state index contributed by atoms with van der Waals surface area (Å²) in [7, 11) is -1.23. The van der Waals surface area contributed by atoms with E-state index in [0.29, 0.717) is 12.5 Å². The second-order valence-corrected chi connectivity index (χ2v) is 9.39. The van der Waals surface area contributed by atoms with Crippen molar-refractivity contribution in [2.45, 2.75) is 70.1 Å². The standard InChI is InChI=1S/C18H29NO3S/c1-5-22-16(20)13-18(19-23(21)17(2,3)4)12-8-10-14-9-6-7-11-15(14)18/h6-7,11,14,19H,5,8-10,12-13H2,1-4H3/t14?,18-,23+/m0/s1. The Hall–Kier alpha value is -0.940. The lowest BCUT2D eigenvalue weighted by molar-refractivity contribution is -0.144. The van der Waals surface area contributed by atoms with Crippen molar-refractivity contribution >= 4 is 17.0 Å². The van der Waals surface area contributed by atoms with E-state index in [9.17, 15) is 9.00 Å². The maximum absolute atomic E-state index is 12.8. The fraction of sp³-hybridized carbons (Fsp3) is 0.722. The quantitative estimate of drug-likeness (QED) is 0.781. The maximum atomic E-state index is 12.8. The van der Waals surface area contributed by atoms with E-state index in [2.05, 4.69) is 23.0 Å². The summed E-state index contributed by atoms with van der Waals surface area (Å²) in [6, 6.07) is 0. The fourth-order valence-electron chi connectivity index (χ4n) is 3.42. The third-order valence-corrected chi connectivity index (χ3v) is 6.27. The summed E-state index contributed by atoms with van der Waals surface area (Å²) in [5.41, 5.74) is 0.676. The van der Waals surface area contributed by atoms with Gasteiger partial charge in [-0.3, -0.25) is 4.79 Å². The zero-order valence-corrected chi connectivity index (χ0v) is 15.5. The van der Waals surface area contributed by atoms with Crippen LogP contribution in [-0.2, 0) is 20.5 Å². The molecule has 0 saturated heterocycles. The Bertz CT molecular complexity index is 533. The highest BCUT2D eigenvalue weighted by atomic mass is 32.2. The zero-order valence-electron chi connectivity index (χ0n) is 14.7. The number of carbonyl (C=O) groups excluding carboxylic acids is 1. The minimum atomic E-state index is -1.23. The molecule has 0 aliphatic heterocycles. The van der Waals surface area contributed by atoms with Gasteiger partial charge in [-0.15, -0.1) is 0 Å². The molecular weight excluding hydrogens is 310 g/mol. The van der Waals surface area contributed by atoms with Crippen LogP contribution in [0.2, 0.25) is 0 Å². The van der Waals surface area contributed by atoms with Crippen molar-refractivity contribution in [2.24, 2.45) is 5.92 Å². The van der Waals surface area contributed by atoms with Gasteiger partial charge in [0.05, 0.1) is 34.3 Å². The van der Waals surface area contributed by atoms with Gasteiger partial charge in [0, 0.05) is 0 Å². The minimum Gasteiger partial charge on any atom is -0.466 e. The molecule has 0 bridgehead atoms. The van der Waals surface area contributed by atoms with Crippen LogP contribution in [-0.4, -0.2) is 27.1 Å². The van der Waals surface area contributed by atoms with E-state index in [4.69, 9.17) is 4.74 Å². The highest BCUT2D eigenvalue weighted by Gasteiger charge is 2.45. The van der Waals surface area contributed by atoms with Gasteiger partial charge in [0.1, 0.15) is 0 Å². The van der Waals surface area contributed by atoms with Crippen LogP contribution in [0.3, 0.4) is 0 Å². The molecule has 2 aliphatic rings. The smallest absolute Gasteiger partial charge is 0.308 e. The largest absolute Gasteiger partial charge is 0.466 e. The molecule has 0 aromatic heterocycles. The van der Waals surface area contributed by atoms with Crippen molar-refractivity contribution in [3.63, 3.8) is 0 Å². The van der Waals surface area contributed by atoms with E-state index in [1.54, 1.807) is 0 Å². The van der Waals surface area contributed by atoms with Gasteiger partial charge in [0.25, 0.3) is 0 Å². The van der Waals surface area contributed by atoms with Crippen molar-refractivity contribution in [1.29, 1.82) is 0 Å². The monoisotopic (exact) mass is 339 g/mol. The summed E-state index contributed by atoms with van der Waals surface area (Å²) in [6.07, 6.45) is 10.6. The molecular formula is C18H29NO3S. The summed E-state index contributed by atoms with van der Waals surface area (Å²) < 4.78 is 20.9. The second kappa shape index (κ2) is 7.31. The van der Waals surface area contributed by atoms with Crippen molar-refractivity contribution in [1.82, 2.24) is 4.72 Å². The lowest BCUT2D eigenvalue weighted by Gasteiger charge is -2.45. The van der Waals surface area contributed by atoms with Gasteiger partial charge in [0.2, 0.25) is 0 Å². The topological polar surface area (TPSA) is 55.4 Å². The van der Waals surface area contributed by atoms with E-state index in [-0.39, 0.29) is 17.1 Å². The molecule has 1 saturated carbocycles. The normalized spacial score (nSPS) is 28.7. The van der Waals surface area contributed by atoms with Crippen LogP contribution in [0.5, 0.6) is 0 Å². The predicted octanol–water partition coefficient (Wildman–Crippen LogP) is 3.42. The van der Waals surface area contributed by atoms with E-state index < -0.39 is 16.5 Å². The molecule has 23 heavy (non-hydrogen) atoms. The first-order valence-electron chi connectivity index (χ1n) is 8.51. The number of rotatable bonds is 5. The molecule has 2 rings (SSSR count). The number of allylic oxidation sites excluding steroid dienone is 3. The molecule has 5 heteroatoms. The van der Waals surface area contributed by atoms with Crippen molar-refractivity contribution in [3.05, 3.63) is 23.8 Å². The third-order valence-electron chi connectivity index (χ3n) is 4.58. The Kier molecular flexibility index (Phi) is 5.84. The summed E-state index contributed by atoms with van der Waals surface area (Å²) in [6.45, 7) is 8.04. The number of hydrogen-bond donors (Lipinski definition) is 1. The van der Waals surface area contributed by atoms with Gasteiger partial charge < -0.3 is 4.74 Å². The molecule has 4 nitrogen and oxygen atoms in total. The molecule has 0 radical (unpaired) electrons. The Balaban J connectivity index is 2.34. The fourth-order valence-corrected chi connectivity index (χ4v) is 4.37. The number of carbonyl (C=O) groups is 1. The van der Waals surface area contributed by atoms with E-state index in [0.717, 1.165) is 25.7 Å². The number of nitrogens with one attached hydrogen (secondary N) is 1. The highest BCUT2D eigenvalue weighted by Crippen LogP contribution is 2.43. The lowest BCUT2D eigenvalue weighted by Crippen LogP contribution is -2.55. The van der Waals surface area contributed by atoms with Gasteiger partial charge in [-0.1, -0.05) is 24.6 Å². The molecule has 0 heterocycles. The summed E-state index contributed by atoms with van der Waals surface area (Å²) in [5, 5.41) is 0. The number of esters is 1. The van der Waals surface area contributed by atoms with Crippen molar-refractivity contribution in [3.8, 4) is 0 Å². The van der Waals surface area contributed by atoms with Gasteiger partial charge in [-0.25, -0.2) is 8.93 Å². The Labute approximate surface area is 142 Å². The van der Waals surface area contributed by atoms with Crippen LogP contribution in [0.4, 0.5) is 0 Å². The average molecular weight is 340 g/mol. The molecule has 1 unspecified atom stereocenters. The SMILES string of the molecule is CCOC(=O)C[C@@]1(N[S@](=O)C(C)(C)C)CCCC2CC=CC=C21. The highest BCUT2D eigenvalue weighted by molar-refractivity contribution is 7.84. The molecule has 0 aromatic carbocycles.